The molecule has 100 valence electrons. The Morgan fingerprint density at radius 2 is 1.94 bits per heavy atom. The van der Waals surface area contributed by atoms with E-state index < -0.39 is 0 Å². The van der Waals surface area contributed by atoms with Crippen LogP contribution < -0.4 is 10.6 Å². The summed E-state index contributed by atoms with van der Waals surface area (Å²) in [6.07, 6.45) is -0.302. The lowest BCUT2D eigenvalue weighted by atomic mass is 10.1. The highest BCUT2D eigenvalue weighted by molar-refractivity contribution is 7.80. The van der Waals surface area contributed by atoms with Crippen LogP contribution in [0.4, 0.5) is 5.69 Å². The van der Waals surface area contributed by atoms with Gasteiger partial charge in [-0.15, -0.1) is 0 Å². The van der Waals surface area contributed by atoms with Gasteiger partial charge in [-0.25, -0.2) is 0 Å². The van der Waals surface area contributed by atoms with Crippen LogP contribution in [-0.2, 0) is 9.47 Å². The van der Waals surface area contributed by atoms with E-state index in [0.717, 1.165) is 11.3 Å². The van der Waals surface area contributed by atoms with Gasteiger partial charge in [0.2, 0.25) is 0 Å². The summed E-state index contributed by atoms with van der Waals surface area (Å²) in [5, 5.41) is 6.77. The third kappa shape index (κ3) is 4.60. The Balaban J connectivity index is 2.51. The normalized spacial score (nSPS) is 10.5. The maximum atomic E-state index is 5.22. The minimum Gasteiger partial charge on any atom is -0.357 e. The third-order valence-electron chi connectivity index (χ3n) is 2.60. The predicted octanol–water partition coefficient (Wildman–Crippen LogP) is 2.21. The maximum Gasteiger partial charge on any atom is 0.174 e. The lowest BCUT2D eigenvalue weighted by molar-refractivity contribution is -0.0964. The molecule has 0 radical (unpaired) electrons. The van der Waals surface area contributed by atoms with Crippen molar-refractivity contribution in [3.05, 3.63) is 29.3 Å². The second kappa shape index (κ2) is 7.31. The fourth-order valence-corrected chi connectivity index (χ4v) is 1.67. The molecule has 0 aliphatic heterocycles. The number of nitrogens with one attached hydrogen (secondary N) is 2. The summed E-state index contributed by atoms with van der Waals surface area (Å²) < 4.78 is 10.1. The average molecular weight is 268 g/mol. The van der Waals surface area contributed by atoms with Crippen LogP contribution in [-0.4, -0.2) is 32.2 Å². The highest BCUT2D eigenvalue weighted by Gasteiger charge is 2.06. The van der Waals surface area contributed by atoms with Crippen LogP contribution in [0.2, 0.25) is 0 Å². The van der Waals surface area contributed by atoms with E-state index in [2.05, 4.69) is 28.8 Å². The molecule has 18 heavy (non-hydrogen) atoms. The Hall–Kier alpha value is -1.17. The molecule has 1 aromatic carbocycles. The van der Waals surface area contributed by atoms with Crippen LogP contribution in [0, 0.1) is 13.8 Å². The number of ether oxygens (including phenoxy) is 2. The molecular weight excluding hydrogens is 248 g/mol. The van der Waals surface area contributed by atoms with Crippen molar-refractivity contribution in [3.8, 4) is 0 Å². The number of aryl methyl sites for hydroxylation is 2. The Morgan fingerprint density at radius 3 is 2.56 bits per heavy atom. The molecule has 0 aliphatic carbocycles. The molecule has 0 bridgehead atoms. The number of methoxy groups -OCH3 is 2. The molecule has 1 rings (SSSR count). The monoisotopic (exact) mass is 268 g/mol. The fraction of sp³-hybridized carbons (Fsp3) is 0.462. The molecule has 0 atom stereocenters. The zero-order valence-electron chi connectivity index (χ0n) is 11.2. The number of rotatable bonds is 5. The topological polar surface area (TPSA) is 42.5 Å². The molecule has 4 nitrogen and oxygen atoms in total. The highest BCUT2D eigenvalue weighted by atomic mass is 32.1. The summed E-state index contributed by atoms with van der Waals surface area (Å²) in [5.74, 6) is 0. The van der Waals surface area contributed by atoms with Crippen molar-refractivity contribution in [2.24, 2.45) is 0 Å². The first kappa shape index (κ1) is 14.9. The van der Waals surface area contributed by atoms with Gasteiger partial charge in [0.05, 0.1) is 6.54 Å². The summed E-state index contributed by atoms with van der Waals surface area (Å²) >= 11 is 5.22. The Kier molecular flexibility index (Phi) is 6.04. The van der Waals surface area contributed by atoms with Gasteiger partial charge in [0.1, 0.15) is 0 Å². The highest BCUT2D eigenvalue weighted by Crippen LogP contribution is 2.15. The first-order valence-electron chi connectivity index (χ1n) is 5.74. The minimum absolute atomic E-state index is 0.302. The molecule has 0 aliphatic rings. The van der Waals surface area contributed by atoms with Gasteiger partial charge in [-0.1, -0.05) is 12.1 Å². The van der Waals surface area contributed by atoms with Crippen molar-refractivity contribution in [1.29, 1.82) is 0 Å². The van der Waals surface area contributed by atoms with E-state index in [1.807, 2.05) is 13.8 Å². The van der Waals surface area contributed by atoms with Gasteiger partial charge in [-0.05, 0) is 43.3 Å². The van der Waals surface area contributed by atoms with E-state index in [1.54, 1.807) is 14.2 Å². The van der Waals surface area contributed by atoms with Crippen molar-refractivity contribution in [2.45, 2.75) is 20.1 Å². The summed E-state index contributed by atoms with van der Waals surface area (Å²) in [6, 6.07) is 6.20. The fourth-order valence-electron chi connectivity index (χ4n) is 1.48. The van der Waals surface area contributed by atoms with E-state index in [4.69, 9.17) is 21.7 Å². The van der Waals surface area contributed by atoms with Gasteiger partial charge in [-0.2, -0.15) is 0 Å². The van der Waals surface area contributed by atoms with Crippen molar-refractivity contribution in [1.82, 2.24) is 5.32 Å². The standard InChI is InChI=1S/C13H20N2O2S/c1-9-5-6-10(2)11(7-9)15-13(18)14-8-12(16-3)17-4/h5-7,12H,8H2,1-4H3,(H2,14,15,18). The smallest absolute Gasteiger partial charge is 0.174 e. The molecule has 0 unspecified atom stereocenters. The van der Waals surface area contributed by atoms with E-state index in [0.29, 0.717) is 11.7 Å². The summed E-state index contributed by atoms with van der Waals surface area (Å²) in [6.45, 7) is 4.59. The maximum absolute atomic E-state index is 5.22. The van der Waals surface area contributed by atoms with E-state index >= 15 is 0 Å². The van der Waals surface area contributed by atoms with Gasteiger partial charge >= 0.3 is 0 Å². The van der Waals surface area contributed by atoms with Crippen LogP contribution in [0.15, 0.2) is 18.2 Å². The van der Waals surface area contributed by atoms with E-state index in [1.165, 1.54) is 5.56 Å². The molecule has 0 fully saturated rings. The third-order valence-corrected chi connectivity index (χ3v) is 2.84. The van der Waals surface area contributed by atoms with Gasteiger partial charge in [0.15, 0.2) is 11.4 Å². The molecule has 1 aromatic rings. The predicted molar refractivity (Wildman–Crippen MR) is 77.9 cm³/mol. The van der Waals surface area contributed by atoms with Gasteiger partial charge in [-0.3, -0.25) is 0 Å². The van der Waals surface area contributed by atoms with Crippen LogP contribution in [0.25, 0.3) is 0 Å². The molecule has 0 saturated heterocycles. The average Bonchev–Trinajstić information content (AvgIpc) is 2.35. The summed E-state index contributed by atoms with van der Waals surface area (Å²) in [4.78, 5) is 0. The SMILES string of the molecule is COC(CNC(=S)Nc1cc(C)ccc1C)OC. The zero-order valence-corrected chi connectivity index (χ0v) is 12.1. The lowest BCUT2D eigenvalue weighted by Crippen LogP contribution is -2.36. The molecule has 0 aromatic heterocycles. The summed E-state index contributed by atoms with van der Waals surface area (Å²) in [7, 11) is 3.19. The quantitative estimate of drug-likeness (QED) is 0.633. The first-order chi connectivity index (χ1) is 8.56. The molecular formula is C13H20N2O2S. The number of thiocarbonyl (C=S) groups is 1. The number of anilines is 1. The van der Waals surface area contributed by atoms with Crippen molar-refractivity contribution in [3.63, 3.8) is 0 Å². The van der Waals surface area contributed by atoms with Crippen LogP contribution in [0.5, 0.6) is 0 Å². The summed E-state index contributed by atoms with van der Waals surface area (Å²) in [5.41, 5.74) is 3.36. The van der Waals surface area contributed by atoms with Crippen LogP contribution >= 0.6 is 12.2 Å². The Labute approximate surface area is 114 Å². The molecule has 0 spiro atoms. The number of benzene rings is 1. The Morgan fingerprint density at radius 1 is 1.28 bits per heavy atom. The van der Waals surface area contributed by atoms with Crippen molar-refractivity contribution in [2.75, 3.05) is 26.1 Å². The van der Waals surface area contributed by atoms with E-state index in [9.17, 15) is 0 Å². The first-order valence-corrected chi connectivity index (χ1v) is 6.15. The zero-order chi connectivity index (χ0) is 13.5. The second-order valence-corrected chi connectivity index (χ2v) is 4.46. The molecule has 0 saturated carbocycles. The van der Waals surface area contributed by atoms with Gasteiger partial charge < -0.3 is 20.1 Å². The molecule has 5 heteroatoms. The lowest BCUT2D eigenvalue weighted by Gasteiger charge is -2.17. The van der Waals surface area contributed by atoms with Crippen molar-refractivity contribution < 1.29 is 9.47 Å². The second-order valence-electron chi connectivity index (χ2n) is 4.05. The largest absolute Gasteiger partial charge is 0.357 e. The molecule has 2 N–H and O–H groups in total. The van der Waals surface area contributed by atoms with Crippen molar-refractivity contribution >= 4 is 23.0 Å². The van der Waals surface area contributed by atoms with Crippen LogP contribution in [0.3, 0.4) is 0 Å². The van der Waals surface area contributed by atoms with Gasteiger partial charge in [0.25, 0.3) is 0 Å². The van der Waals surface area contributed by atoms with E-state index in [-0.39, 0.29) is 6.29 Å². The number of hydrogen-bond acceptors (Lipinski definition) is 3. The van der Waals surface area contributed by atoms with Gasteiger partial charge in [0, 0.05) is 19.9 Å². The van der Waals surface area contributed by atoms with Crippen LogP contribution in [0.1, 0.15) is 11.1 Å². The molecule has 0 heterocycles. The minimum atomic E-state index is -0.302. The molecule has 0 amide bonds. The number of hydrogen-bond donors (Lipinski definition) is 2. The Bertz CT molecular complexity index is 406.